The Morgan fingerprint density at radius 2 is 1.91 bits per heavy atom. The van der Waals surface area contributed by atoms with Gasteiger partial charge in [-0.15, -0.1) is 11.3 Å². The van der Waals surface area contributed by atoms with Crippen molar-refractivity contribution in [2.24, 2.45) is 0 Å². The highest BCUT2D eigenvalue weighted by Gasteiger charge is 2.23. The molecule has 2 aromatic carbocycles. The molecule has 1 aliphatic rings. The number of nitrogens with one attached hydrogen (secondary N) is 2. The first-order chi connectivity index (χ1) is 16.0. The number of aromatic nitrogens is 2. The summed E-state index contributed by atoms with van der Waals surface area (Å²) in [5, 5.41) is 7.48. The molecule has 0 unspecified atom stereocenters. The molecule has 0 saturated carbocycles. The van der Waals surface area contributed by atoms with Crippen molar-refractivity contribution in [3.63, 3.8) is 0 Å². The van der Waals surface area contributed by atoms with E-state index in [-0.39, 0.29) is 10.2 Å². The van der Waals surface area contributed by atoms with Crippen molar-refractivity contribution in [3.8, 4) is 10.6 Å². The number of carbonyl (C=O) groups is 1. The smallest absolute Gasteiger partial charge is 0.317 e. The molecule has 1 aliphatic heterocycles. The lowest BCUT2D eigenvalue weighted by atomic mass is 10.1. The van der Waals surface area contributed by atoms with E-state index in [0.29, 0.717) is 48.1 Å². The first-order valence-electron chi connectivity index (χ1n) is 10.5. The Kier molecular flexibility index (Phi) is 5.69. The van der Waals surface area contributed by atoms with Gasteiger partial charge in [-0.05, 0) is 29.7 Å². The molecule has 8 nitrogen and oxygen atoms in total. The van der Waals surface area contributed by atoms with Gasteiger partial charge in [0.25, 0.3) is 0 Å². The number of rotatable bonds is 7. The number of urea groups is 1. The molecule has 0 spiro atoms. The van der Waals surface area contributed by atoms with Crippen LogP contribution in [0.2, 0.25) is 0 Å². The molecule has 0 aliphatic carbocycles. The topological polar surface area (TPSA) is 104 Å². The second-order valence-corrected chi connectivity index (χ2v) is 10.7. The number of hydrogen-bond acceptors (Lipinski definition) is 7. The average Bonchev–Trinajstić information content (AvgIpc) is 3.49. The normalized spacial score (nSPS) is 13.9. The van der Waals surface area contributed by atoms with Gasteiger partial charge in [-0.3, -0.25) is 0 Å². The van der Waals surface area contributed by atoms with Gasteiger partial charge in [0.2, 0.25) is 15.8 Å². The summed E-state index contributed by atoms with van der Waals surface area (Å²) in [4.78, 5) is 23.1. The number of nitrogens with zero attached hydrogens (tertiary/aromatic N) is 3. The lowest BCUT2D eigenvalue weighted by Gasteiger charge is -2.14. The number of amides is 2. The van der Waals surface area contributed by atoms with Crippen LogP contribution in [0, 0.1) is 0 Å². The summed E-state index contributed by atoms with van der Waals surface area (Å²) in [5.74, 6) is 0.430. The summed E-state index contributed by atoms with van der Waals surface area (Å²) in [5.41, 5.74) is 0.635. The largest absolute Gasteiger partial charge is 0.352 e. The fourth-order valence-corrected chi connectivity index (χ4v) is 6.63. The number of fused-ring (bicyclic) bond motifs is 1. The van der Waals surface area contributed by atoms with Gasteiger partial charge in [-0.2, -0.15) is 0 Å². The van der Waals surface area contributed by atoms with Crippen molar-refractivity contribution in [2.75, 3.05) is 31.5 Å². The summed E-state index contributed by atoms with van der Waals surface area (Å²) in [6.07, 6.45) is 1.63. The van der Waals surface area contributed by atoms with Gasteiger partial charge in [-0.1, -0.05) is 36.4 Å². The van der Waals surface area contributed by atoms with E-state index in [0.717, 1.165) is 10.3 Å². The van der Waals surface area contributed by atoms with E-state index >= 15 is 0 Å². The Morgan fingerprint density at radius 3 is 2.76 bits per heavy atom. The van der Waals surface area contributed by atoms with Gasteiger partial charge >= 0.3 is 6.03 Å². The third-order valence-electron chi connectivity index (χ3n) is 5.40. The Bertz CT molecular complexity index is 1430. The first-order valence-corrected chi connectivity index (χ1v) is 12.7. The third-order valence-corrected chi connectivity index (χ3v) is 8.81. The molecule has 4 aromatic rings. The minimum absolute atomic E-state index is 0.0648. The van der Waals surface area contributed by atoms with Crippen LogP contribution in [0.4, 0.5) is 10.7 Å². The van der Waals surface area contributed by atoms with E-state index in [4.69, 9.17) is 0 Å². The van der Waals surface area contributed by atoms with Gasteiger partial charge in [0.05, 0.1) is 15.5 Å². The minimum atomic E-state index is -3.68. The molecule has 168 valence electrons. The second kappa shape index (κ2) is 8.80. The number of carbonyl (C=O) groups excluding carboxylic acids is 1. The van der Waals surface area contributed by atoms with E-state index in [1.54, 1.807) is 41.4 Å². The maximum absolute atomic E-state index is 13.4. The predicted octanol–water partition coefficient (Wildman–Crippen LogP) is 3.63. The predicted molar refractivity (Wildman–Crippen MR) is 128 cm³/mol. The van der Waals surface area contributed by atoms with E-state index in [1.165, 1.54) is 11.3 Å². The van der Waals surface area contributed by atoms with Crippen LogP contribution < -0.4 is 10.6 Å². The molecule has 2 aromatic heterocycles. The molecule has 10 heteroatoms. The van der Waals surface area contributed by atoms with Gasteiger partial charge in [-0.25, -0.2) is 23.2 Å². The van der Waals surface area contributed by atoms with Crippen LogP contribution in [0.5, 0.6) is 0 Å². The molecule has 3 heterocycles. The number of hydrogen-bond donors (Lipinski definition) is 2. The van der Waals surface area contributed by atoms with Crippen molar-refractivity contribution in [1.29, 1.82) is 0 Å². The van der Waals surface area contributed by atoms with E-state index in [9.17, 15) is 13.2 Å². The highest BCUT2D eigenvalue weighted by Crippen LogP contribution is 2.35. The fourth-order valence-electron chi connectivity index (χ4n) is 3.75. The van der Waals surface area contributed by atoms with Crippen LogP contribution in [-0.2, 0) is 9.84 Å². The zero-order valence-electron chi connectivity index (χ0n) is 17.6. The van der Waals surface area contributed by atoms with Crippen LogP contribution in [0.15, 0.2) is 76.0 Å². The maximum atomic E-state index is 13.4. The summed E-state index contributed by atoms with van der Waals surface area (Å²) >= 11 is 1.18. The standard InChI is InChI=1S/C23H21N5O3S2/c29-23-26-13-15-28(23)14-12-25-22-24-11-10-18(27-22)19-8-9-21(32-19)33(30,31)20-7-3-5-16-4-1-2-6-17(16)20/h1-11H,12-15H2,(H,26,29)(H,24,25,27). The highest BCUT2D eigenvalue weighted by atomic mass is 32.2. The molecule has 0 atom stereocenters. The number of sulfone groups is 1. The van der Waals surface area contributed by atoms with E-state index in [1.807, 2.05) is 30.3 Å². The zero-order valence-corrected chi connectivity index (χ0v) is 19.2. The molecular formula is C23H21N5O3S2. The summed E-state index contributed by atoms with van der Waals surface area (Å²) in [7, 11) is -3.68. The fraction of sp³-hybridized carbons (Fsp3) is 0.174. The van der Waals surface area contributed by atoms with Crippen molar-refractivity contribution in [3.05, 3.63) is 66.9 Å². The molecule has 0 bridgehead atoms. The Labute approximate surface area is 195 Å². The van der Waals surface area contributed by atoms with Crippen LogP contribution in [0.25, 0.3) is 21.3 Å². The van der Waals surface area contributed by atoms with Crippen molar-refractivity contribution in [1.82, 2.24) is 20.2 Å². The Hall–Kier alpha value is -3.50. The monoisotopic (exact) mass is 479 g/mol. The summed E-state index contributed by atoms with van der Waals surface area (Å²) in [6.45, 7) is 2.41. The van der Waals surface area contributed by atoms with Crippen LogP contribution in [0.1, 0.15) is 0 Å². The van der Waals surface area contributed by atoms with Gasteiger partial charge in [0.1, 0.15) is 4.21 Å². The van der Waals surface area contributed by atoms with Crippen molar-refractivity contribution >= 4 is 43.9 Å². The molecule has 5 rings (SSSR count). The van der Waals surface area contributed by atoms with Gasteiger partial charge in [0, 0.05) is 37.8 Å². The van der Waals surface area contributed by atoms with Crippen molar-refractivity contribution in [2.45, 2.75) is 9.10 Å². The SMILES string of the molecule is O=C1NCCN1CCNc1nccc(-c2ccc(S(=O)(=O)c3cccc4ccccc34)s2)n1. The molecule has 1 saturated heterocycles. The van der Waals surface area contributed by atoms with E-state index < -0.39 is 9.84 Å². The van der Waals surface area contributed by atoms with Gasteiger partial charge < -0.3 is 15.5 Å². The Morgan fingerprint density at radius 1 is 1.06 bits per heavy atom. The number of thiophene rings is 1. The lowest BCUT2D eigenvalue weighted by molar-refractivity contribution is 0.219. The van der Waals surface area contributed by atoms with Gasteiger partial charge in [0.15, 0.2) is 0 Å². The minimum Gasteiger partial charge on any atom is -0.352 e. The number of anilines is 1. The maximum Gasteiger partial charge on any atom is 0.317 e. The van der Waals surface area contributed by atoms with Crippen LogP contribution >= 0.6 is 11.3 Å². The third kappa shape index (κ3) is 4.27. The molecule has 2 N–H and O–H groups in total. The summed E-state index contributed by atoms with van der Waals surface area (Å²) in [6, 6.07) is 17.8. The molecule has 2 amide bonds. The van der Waals surface area contributed by atoms with E-state index in [2.05, 4.69) is 20.6 Å². The number of benzene rings is 2. The quantitative estimate of drug-likeness (QED) is 0.420. The summed E-state index contributed by atoms with van der Waals surface area (Å²) < 4.78 is 27.0. The van der Waals surface area contributed by atoms with Crippen molar-refractivity contribution < 1.29 is 13.2 Å². The van der Waals surface area contributed by atoms with Crippen LogP contribution in [-0.4, -0.2) is 55.5 Å². The average molecular weight is 480 g/mol. The molecule has 33 heavy (non-hydrogen) atoms. The zero-order chi connectivity index (χ0) is 22.8. The molecular weight excluding hydrogens is 458 g/mol. The highest BCUT2D eigenvalue weighted by molar-refractivity contribution is 7.93. The first kappa shape index (κ1) is 21.4. The van der Waals surface area contributed by atoms with Crippen LogP contribution in [0.3, 0.4) is 0 Å². The Balaban J connectivity index is 1.36. The second-order valence-electron chi connectivity index (χ2n) is 7.51. The molecule has 1 fully saturated rings. The lowest BCUT2D eigenvalue weighted by Crippen LogP contribution is -2.32. The molecule has 0 radical (unpaired) electrons.